The van der Waals surface area contributed by atoms with Crippen LogP contribution in [0.2, 0.25) is 0 Å². The molecule has 4 atom stereocenters. The van der Waals surface area contributed by atoms with E-state index < -0.39 is 0 Å². The molecule has 6 aliphatic rings. The first-order valence-corrected chi connectivity index (χ1v) is 16.7. The first-order chi connectivity index (χ1) is 19.2. The van der Waals surface area contributed by atoms with Crippen LogP contribution in [0.4, 0.5) is 0 Å². The highest BCUT2D eigenvalue weighted by atomic mass is 33.1. The summed E-state index contributed by atoms with van der Waals surface area (Å²) >= 11 is 0. The lowest BCUT2D eigenvalue weighted by Gasteiger charge is -2.62. The zero-order chi connectivity index (χ0) is 27.7. The molecule has 40 heavy (non-hydrogen) atoms. The first kappa shape index (κ1) is 25.2. The van der Waals surface area contributed by atoms with E-state index in [1.165, 1.54) is 44.5 Å². The fourth-order valence-corrected chi connectivity index (χ4v) is 13.7. The van der Waals surface area contributed by atoms with Gasteiger partial charge in [0.15, 0.2) is 0 Å². The predicted octanol–water partition coefficient (Wildman–Crippen LogP) is 7.04. The number of hydrogen-bond acceptors (Lipinski definition) is 4. The van der Waals surface area contributed by atoms with E-state index in [1.807, 2.05) is 21.6 Å². The summed E-state index contributed by atoms with van der Waals surface area (Å²) in [6.07, 6.45) is 0. The second kappa shape index (κ2) is 8.07. The zero-order valence-electron chi connectivity index (χ0n) is 23.5. The van der Waals surface area contributed by atoms with E-state index in [0.717, 1.165) is 0 Å². The lowest BCUT2D eigenvalue weighted by molar-refractivity contribution is 0.290. The van der Waals surface area contributed by atoms with Crippen LogP contribution < -0.4 is 11.5 Å². The Hall–Kier alpha value is -2.50. The third-order valence-electron chi connectivity index (χ3n) is 11.6. The Morgan fingerprint density at radius 3 is 0.825 bits per heavy atom. The quantitative estimate of drug-likeness (QED) is 0.264. The summed E-state index contributed by atoms with van der Waals surface area (Å²) in [6, 6.07) is 36.1. The highest BCUT2D eigenvalue weighted by molar-refractivity contribution is 8.77. The highest BCUT2D eigenvalue weighted by Gasteiger charge is 2.64. The molecule has 0 unspecified atom stereocenters. The second-order valence-corrected chi connectivity index (χ2v) is 15.6. The molecule has 6 aliphatic carbocycles. The van der Waals surface area contributed by atoms with Gasteiger partial charge in [0.05, 0.1) is 0 Å². The molecule has 0 saturated carbocycles. The lowest BCUT2D eigenvalue weighted by atomic mass is 9.48. The normalized spacial score (nSPS) is 37.9. The highest BCUT2D eigenvalue weighted by Crippen LogP contribution is 2.66. The monoisotopic (exact) mass is 560 g/mol. The fraction of sp³-hybridized carbons (Fsp3) is 0.333. The smallest absolute Gasteiger partial charge is 0.0449 e. The van der Waals surface area contributed by atoms with Crippen LogP contribution in [0.3, 0.4) is 0 Å². The maximum absolute atomic E-state index is 7.39. The largest absolute Gasteiger partial charge is 0.326 e. The molecule has 0 spiro atoms. The van der Waals surface area contributed by atoms with Crippen molar-refractivity contribution in [3.05, 3.63) is 142 Å². The van der Waals surface area contributed by atoms with E-state index >= 15 is 0 Å². The molecule has 0 saturated heterocycles. The van der Waals surface area contributed by atoms with Gasteiger partial charge < -0.3 is 11.5 Å². The molecule has 202 valence electrons. The third kappa shape index (κ3) is 2.64. The standard InChI is InChI=1S/C36H36N2S2/c1-33-21-13-5-9-17-25(21)35(3,26-18-10-6-14-22(26)33)31(29(33)37)39-40-32-30(38)34(2)23-15-7-11-19-27(23)36(32,4)28-20-12-8-16-24(28)34/h5-20,29-32H,37-38H2,1-4H3/t29-,30-,31+,32+,33?,34?,35?,36?/m1/s1. The van der Waals surface area contributed by atoms with Crippen molar-refractivity contribution in [3.8, 4) is 0 Å². The third-order valence-corrected chi connectivity index (χ3v) is 15.2. The summed E-state index contributed by atoms with van der Waals surface area (Å²) in [5, 5.41) is 0.420. The average Bonchev–Trinajstić information content (AvgIpc) is 2.99. The molecule has 0 radical (unpaired) electrons. The maximum atomic E-state index is 7.39. The number of hydrogen-bond donors (Lipinski definition) is 2. The number of benzene rings is 4. The molecule has 10 rings (SSSR count). The Balaban J connectivity index is 1.26. The van der Waals surface area contributed by atoms with Gasteiger partial charge in [-0.15, -0.1) is 0 Å². The van der Waals surface area contributed by atoms with Gasteiger partial charge in [-0.3, -0.25) is 0 Å². The average molecular weight is 561 g/mol. The van der Waals surface area contributed by atoms with Gasteiger partial charge in [0.1, 0.15) is 0 Å². The van der Waals surface area contributed by atoms with Crippen molar-refractivity contribution >= 4 is 21.6 Å². The van der Waals surface area contributed by atoms with Crippen LogP contribution in [0.1, 0.15) is 72.2 Å². The van der Waals surface area contributed by atoms with Crippen LogP contribution in [0.15, 0.2) is 97.1 Å². The Morgan fingerprint density at radius 2 is 0.600 bits per heavy atom. The first-order valence-electron chi connectivity index (χ1n) is 14.4. The molecule has 0 heterocycles. The topological polar surface area (TPSA) is 52.0 Å². The molecule has 0 fully saturated rings. The fourth-order valence-electron chi connectivity index (χ4n) is 9.22. The Bertz CT molecular complexity index is 1470. The van der Waals surface area contributed by atoms with E-state index in [-0.39, 0.29) is 44.2 Å². The lowest BCUT2D eigenvalue weighted by Crippen LogP contribution is -2.67. The molecule has 0 amide bonds. The second-order valence-electron chi connectivity index (χ2n) is 13.1. The Kier molecular flexibility index (Phi) is 5.09. The van der Waals surface area contributed by atoms with Gasteiger partial charge in [0.2, 0.25) is 0 Å². The van der Waals surface area contributed by atoms with Gasteiger partial charge >= 0.3 is 0 Å². The van der Waals surface area contributed by atoms with Gasteiger partial charge in [-0.2, -0.15) is 0 Å². The Labute approximate surface area is 245 Å². The van der Waals surface area contributed by atoms with Crippen molar-refractivity contribution in [2.24, 2.45) is 11.5 Å². The molecule has 4 heteroatoms. The minimum absolute atomic E-state index is 0.0141. The van der Waals surface area contributed by atoms with Crippen molar-refractivity contribution in [2.45, 2.75) is 71.9 Å². The minimum atomic E-state index is -0.230. The number of fused-ring (bicyclic) bond motifs is 2. The molecule has 4 bridgehead atoms. The van der Waals surface area contributed by atoms with Gasteiger partial charge in [0.25, 0.3) is 0 Å². The maximum Gasteiger partial charge on any atom is 0.0449 e. The van der Waals surface area contributed by atoms with E-state index in [9.17, 15) is 0 Å². The van der Waals surface area contributed by atoms with Crippen molar-refractivity contribution in [1.29, 1.82) is 0 Å². The summed E-state index contributed by atoms with van der Waals surface area (Å²) < 4.78 is 0. The van der Waals surface area contributed by atoms with E-state index in [0.29, 0.717) is 0 Å². The van der Waals surface area contributed by atoms with Crippen molar-refractivity contribution < 1.29 is 0 Å². The van der Waals surface area contributed by atoms with E-state index in [2.05, 4.69) is 125 Å². The van der Waals surface area contributed by atoms with Gasteiger partial charge in [-0.05, 0) is 58.4 Å². The molecular weight excluding hydrogens is 525 g/mol. The van der Waals surface area contributed by atoms with E-state index in [1.54, 1.807) is 0 Å². The predicted molar refractivity (Wildman–Crippen MR) is 170 cm³/mol. The van der Waals surface area contributed by atoms with Gasteiger partial charge in [0, 0.05) is 44.2 Å². The zero-order valence-corrected chi connectivity index (χ0v) is 25.2. The molecule has 0 aromatic heterocycles. The van der Waals surface area contributed by atoms with Crippen LogP contribution >= 0.6 is 21.6 Å². The summed E-state index contributed by atoms with van der Waals surface area (Å²) in [5.74, 6) is 0. The number of rotatable bonds is 3. The molecule has 4 aromatic rings. The number of nitrogens with two attached hydrogens (primary N) is 2. The minimum Gasteiger partial charge on any atom is -0.326 e. The summed E-state index contributed by atoms with van der Waals surface area (Å²) in [7, 11) is 4.00. The van der Waals surface area contributed by atoms with Crippen LogP contribution in [-0.2, 0) is 21.7 Å². The summed E-state index contributed by atoms with van der Waals surface area (Å²) in [6.45, 7) is 9.61. The SMILES string of the molecule is CC12c3ccccc3C(C)(c3ccccc31)[C@@H](SS[C@H]1[C@@H](N)C3(C)c4ccccc4C1(C)c1ccccc13)[C@H]2N. The summed E-state index contributed by atoms with van der Waals surface area (Å²) in [4.78, 5) is 0. The Morgan fingerprint density at radius 1 is 0.400 bits per heavy atom. The van der Waals surface area contributed by atoms with Crippen LogP contribution in [0.25, 0.3) is 0 Å². The van der Waals surface area contributed by atoms with Crippen molar-refractivity contribution in [3.63, 3.8) is 0 Å². The molecule has 0 aliphatic heterocycles. The van der Waals surface area contributed by atoms with Gasteiger partial charge in [-0.1, -0.05) is 132 Å². The molecule has 2 nitrogen and oxygen atoms in total. The van der Waals surface area contributed by atoms with E-state index in [4.69, 9.17) is 11.5 Å². The molecule has 4 N–H and O–H groups in total. The van der Waals surface area contributed by atoms with Gasteiger partial charge in [-0.25, -0.2) is 0 Å². The molecular formula is C36H36N2S2. The van der Waals surface area contributed by atoms with Crippen molar-refractivity contribution in [2.75, 3.05) is 0 Å². The summed E-state index contributed by atoms with van der Waals surface area (Å²) in [5.41, 5.74) is 25.2. The van der Waals surface area contributed by atoms with Crippen LogP contribution in [0.5, 0.6) is 0 Å². The molecule has 4 aromatic carbocycles. The van der Waals surface area contributed by atoms with Crippen LogP contribution in [-0.4, -0.2) is 22.6 Å². The van der Waals surface area contributed by atoms with Crippen molar-refractivity contribution in [1.82, 2.24) is 0 Å². The van der Waals surface area contributed by atoms with Crippen LogP contribution in [0, 0.1) is 0 Å².